The van der Waals surface area contributed by atoms with Gasteiger partial charge in [-0.05, 0) is 95.2 Å². The van der Waals surface area contributed by atoms with Crippen LogP contribution >= 0.6 is 11.8 Å². The van der Waals surface area contributed by atoms with E-state index < -0.39 is 0 Å². The second-order valence-corrected chi connectivity index (χ2v) is 11.4. The van der Waals surface area contributed by atoms with Gasteiger partial charge in [0.2, 0.25) is 0 Å². The van der Waals surface area contributed by atoms with Crippen LogP contribution in [0.5, 0.6) is 11.5 Å². The molecule has 2 saturated heterocycles. The Morgan fingerprint density at radius 2 is 1.71 bits per heavy atom. The van der Waals surface area contributed by atoms with Gasteiger partial charge in [0.05, 0.1) is 14.2 Å². The van der Waals surface area contributed by atoms with Gasteiger partial charge < -0.3 is 24.0 Å². The summed E-state index contributed by atoms with van der Waals surface area (Å²) in [5, 5.41) is 0. The second kappa shape index (κ2) is 13.8. The Morgan fingerprint density at radius 1 is 0.943 bits per heavy atom. The Kier molecular flexibility index (Phi) is 10.5. The summed E-state index contributed by atoms with van der Waals surface area (Å²) in [6.07, 6.45) is 12.9. The average molecular weight is 505 g/mol. The van der Waals surface area contributed by atoms with Crippen molar-refractivity contribution in [2.75, 3.05) is 58.4 Å². The van der Waals surface area contributed by atoms with Crippen molar-refractivity contribution in [1.82, 2.24) is 9.80 Å². The standard InChI is InChI=1S/C28H44N2O4S/c1-32-23-20-24-25(34-28(31)27(24)26(21-23)33-2)12-19-35-18-9-4-3-6-13-29-16-10-22(11-17-29)30-14-7-5-8-15-30/h20-22,25H,3-19H2,1-2H3. The number of rotatable bonds is 13. The fourth-order valence-corrected chi connectivity index (χ4v) is 6.80. The highest BCUT2D eigenvalue weighted by Crippen LogP contribution is 2.41. The highest BCUT2D eigenvalue weighted by atomic mass is 32.2. The van der Waals surface area contributed by atoms with Crippen LogP contribution in [0.3, 0.4) is 0 Å². The Bertz CT molecular complexity index is 806. The summed E-state index contributed by atoms with van der Waals surface area (Å²) in [5.74, 6) is 3.11. The van der Waals surface area contributed by atoms with Crippen molar-refractivity contribution in [2.45, 2.75) is 76.4 Å². The molecule has 1 unspecified atom stereocenters. The first kappa shape index (κ1) is 26.6. The van der Waals surface area contributed by atoms with Gasteiger partial charge >= 0.3 is 5.97 Å². The summed E-state index contributed by atoms with van der Waals surface area (Å²) in [5.41, 5.74) is 1.45. The summed E-state index contributed by atoms with van der Waals surface area (Å²) >= 11 is 1.97. The molecule has 1 atom stereocenters. The van der Waals surface area contributed by atoms with E-state index in [9.17, 15) is 4.79 Å². The first-order valence-corrected chi connectivity index (χ1v) is 14.9. The van der Waals surface area contributed by atoms with Crippen LogP contribution in [0.15, 0.2) is 12.1 Å². The van der Waals surface area contributed by atoms with E-state index in [1.807, 2.05) is 17.8 Å². The summed E-state index contributed by atoms with van der Waals surface area (Å²) in [6, 6.07) is 4.51. The van der Waals surface area contributed by atoms with Gasteiger partial charge in [0, 0.05) is 17.7 Å². The maximum Gasteiger partial charge on any atom is 0.342 e. The van der Waals surface area contributed by atoms with Gasteiger partial charge in [0.15, 0.2) is 0 Å². The van der Waals surface area contributed by atoms with E-state index in [-0.39, 0.29) is 12.1 Å². The van der Waals surface area contributed by atoms with Gasteiger partial charge in [0.25, 0.3) is 0 Å². The van der Waals surface area contributed by atoms with E-state index in [0.717, 1.165) is 23.8 Å². The van der Waals surface area contributed by atoms with Crippen molar-refractivity contribution >= 4 is 17.7 Å². The zero-order valence-electron chi connectivity index (χ0n) is 21.8. The van der Waals surface area contributed by atoms with Crippen LogP contribution in [0.2, 0.25) is 0 Å². The number of fused-ring (bicyclic) bond motifs is 1. The number of carbonyl (C=O) groups is 1. The van der Waals surface area contributed by atoms with Crippen molar-refractivity contribution in [1.29, 1.82) is 0 Å². The number of esters is 1. The van der Waals surface area contributed by atoms with Gasteiger partial charge in [-0.25, -0.2) is 4.79 Å². The van der Waals surface area contributed by atoms with Crippen LogP contribution in [0, 0.1) is 0 Å². The minimum atomic E-state index is -0.287. The smallest absolute Gasteiger partial charge is 0.342 e. The number of carbonyl (C=O) groups excluding carboxylic acids is 1. The predicted molar refractivity (Wildman–Crippen MR) is 143 cm³/mol. The van der Waals surface area contributed by atoms with E-state index in [4.69, 9.17) is 14.2 Å². The largest absolute Gasteiger partial charge is 0.497 e. The molecule has 3 aliphatic heterocycles. The SMILES string of the molecule is COc1cc(OC)c2c(c1)C(CCSCCCCCCN1CCC(N3CCCCC3)CC1)OC2=O. The molecule has 0 N–H and O–H groups in total. The highest BCUT2D eigenvalue weighted by Gasteiger charge is 2.34. The molecule has 1 aromatic rings. The van der Waals surface area contributed by atoms with Crippen molar-refractivity contribution < 1.29 is 19.0 Å². The Hall–Kier alpha value is -1.44. The molecule has 0 saturated carbocycles. The van der Waals surface area contributed by atoms with Crippen LogP contribution in [0.4, 0.5) is 0 Å². The van der Waals surface area contributed by atoms with E-state index in [1.54, 1.807) is 20.3 Å². The highest BCUT2D eigenvalue weighted by molar-refractivity contribution is 7.99. The Balaban J connectivity index is 1.04. The summed E-state index contributed by atoms with van der Waals surface area (Å²) < 4.78 is 16.4. The maximum atomic E-state index is 12.3. The summed E-state index contributed by atoms with van der Waals surface area (Å²) in [6.45, 7) is 6.54. The molecular formula is C28H44N2O4S. The first-order valence-electron chi connectivity index (χ1n) is 13.7. The number of piperidine rings is 2. The number of likely N-dealkylation sites (tertiary alicyclic amines) is 2. The molecule has 2 fully saturated rings. The molecule has 0 amide bonds. The number of methoxy groups -OCH3 is 2. The molecule has 0 aliphatic carbocycles. The number of ether oxygens (including phenoxy) is 3. The molecule has 196 valence electrons. The molecule has 0 radical (unpaired) electrons. The monoisotopic (exact) mass is 504 g/mol. The third-order valence-corrected chi connectivity index (χ3v) is 8.97. The zero-order chi connectivity index (χ0) is 24.5. The Labute approximate surface area is 216 Å². The van der Waals surface area contributed by atoms with Crippen LogP contribution in [0.25, 0.3) is 0 Å². The molecule has 0 bridgehead atoms. The van der Waals surface area contributed by atoms with Crippen molar-refractivity contribution in [2.24, 2.45) is 0 Å². The summed E-state index contributed by atoms with van der Waals surface area (Å²) in [7, 11) is 3.20. The molecule has 0 aromatic heterocycles. The van der Waals surface area contributed by atoms with Crippen LogP contribution in [-0.2, 0) is 4.74 Å². The van der Waals surface area contributed by atoms with Gasteiger partial charge in [-0.1, -0.05) is 19.3 Å². The molecule has 0 spiro atoms. The quantitative estimate of drug-likeness (QED) is 0.258. The molecule has 3 heterocycles. The van der Waals surface area contributed by atoms with Gasteiger partial charge in [-0.15, -0.1) is 0 Å². The zero-order valence-corrected chi connectivity index (χ0v) is 22.6. The minimum absolute atomic E-state index is 0.201. The molecule has 7 heteroatoms. The lowest BCUT2D eigenvalue weighted by molar-refractivity contribution is 0.0379. The molecule has 35 heavy (non-hydrogen) atoms. The van der Waals surface area contributed by atoms with Crippen molar-refractivity contribution in [3.8, 4) is 11.5 Å². The number of hydrogen-bond donors (Lipinski definition) is 0. The number of cyclic esters (lactones) is 1. The van der Waals surface area contributed by atoms with Gasteiger partial charge in [0.1, 0.15) is 23.2 Å². The number of hydrogen-bond acceptors (Lipinski definition) is 7. The predicted octanol–water partition coefficient (Wildman–Crippen LogP) is 5.55. The fraction of sp³-hybridized carbons (Fsp3) is 0.750. The van der Waals surface area contributed by atoms with E-state index in [1.165, 1.54) is 96.3 Å². The molecule has 4 rings (SSSR count). The minimum Gasteiger partial charge on any atom is -0.497 e. The Morgan fingerprint density at radius 3 is 2.46 bits per heavy atom. The van der Waals surface area contributed by atoms with Crippen LogP contribution in [0.1, 0.15) is 86.2 Å². The van der Waals surface area contributed by atoms with E-state index in [2.05, 4.69) is 9.80 Å². The maximum absolute atomic E-state index is 12.3. The average Bonchev–Trinajstić information content (AvgIpc) is 3.23. The second-order valence-electron chi connectivity index (χ2n) is 10.2. The number of thioether (sulfide) groups is 1. The van der Waals surface area contributed by atoms with E-state index in [0.29, 0.717) is 17.1 Å². The third kappa shape index (κ3) is 7.30. The lowest BCUT2D eigenvalue weighted by Crippen LogP contribution is -2.46. The first-order chi connectivity index (χ1) is 17.2. The number of unbranched alkanes of at least 4 members (excludes halogenated alkanes) is 3. The van der Waals surface area contributed by atoms with Crippen molar-refractivity contribution in [3.63, 3.8) is 0 Å². The number of benzene rings is 1. The molecule has 6 nitrogen and oxygen atoms in total. The van der Waals surface area contributed by atoms with Gasteiger partial charge in [-0.2, -0.15) is 11.8 Å². The normalized spacial score (nSPS) is 21.7. The molecular weight excluding hydrogens is 460 g/mol. The lowest BCUT2D eigenvalue weighted by Gasteiger charge is -2.40. The molecule has 3 aliphatic rings. The van der Waals surface area contributed by atoms with Gasteiger partial charge in [-0.3, -0.25) is 0 Å². The van der Waals surface area contributed by atoms with Crippen LogP contribution < -0.4 is 9.47 Å². The fourth-order valence-electron chi connectivity index (χ4n) is 5.81. The third-order valence-electron chi connectivity index (χ3n) is 7.86. The topological polar surface area (TPSA) is 51.2 Å². The lowest BCUT2D eigenvalue weighted by atomic mass is 9.99. The van der Waals surface area contributed by atoms with Crippen LogP contribution in [-0.4, -0.2) is 80.3 Å². The van der Waals surface area contributed by atoms with Crippen molar-refractivity contribution in [3.05, 3.63) is 23.3 Å². The summed E-state index contributed by atoms with van der Waals surface area (Å²) in [4.78, 5) is 17.8. The number of nitrogens with zero attached hydrogens (tertiary/aromatic N) is 2. The molecule has 1 aromatic carbocycles. The van der Waals surface area contributed by atoms with E-state index >= 15 is 0 Å².